The van der Waals surface area contributed by atoms with E-state index in [-0.39, 0.29) is 6.10 Å². The highest BCUT2D eigenvalue weighted by molar-refractivity contribution is 4.75. The SMILES string of the molecule is CC(C)C(CC1CCCCC1)C(C)O. The molecule has 1 saturated carbocycles. The van der Waals surface area contributed by atoms with Gasteiger partial charge in [-0.1, -0.05) is 46.0 Å². The predicted octanol–water partition coefficient (Wildman–Crippen LogP) is 3.61. The molecule has 1 rings (SSSR count). The van der Waals surface area contributed by atoms with E-state index in [2.05, 4.69) is 13.8 Å². The fraction of sp³-hybridized carbons (Fsp3) is 1.00. The minimum absolute atomic E-state index is 0.128. The van der Waals surface area contributed by atoms with Crippen molar-refractivity contribution in [3.8, 4) is 0 Å². The average molecular weight is 198 g/mol. The second-order valence-electron chi connectivity index (χ2n) is 5.39. The highest BCUT2D eigenvalue weighted by Gasteiger charge is 2.24. The molecule has 0 aromatic rings. The molecule has 0 amide bonds. The highest BCUT2D eigenvalue weighted by Crippen LogP contribution is 2.32. The first-order valence-corrected chi connectivity index (χ1v) is 6.29. The van der Waals surface area contributed by atoms with E-state index in [1.807, 2.05) is 6.92 Å². The third-order valence-corrected chi connectivity index (χ3v) is 3.81. The summed E-state index contributed by atoms with van der Waals surface area (Å²) in [5.41, 5.74) is 0. The van der Waals surface area contributed by atoms with Crippen LogP contribution in [-0.4, -0.2) is 11.2 Å². The Morgan fingerprint density at radius 3 is 2.07 bits per heavy atom. The number of hydrogen-bond acceptors (Lipinski definition) is 1. The maximum Gasteiger partial charge on any atom is 0.0542 e. The van der Waals surface area contributed by atoms with Gasteiger partial charge in [-0.25, -0.2) is 0 Å². The number of hydrogen-bond donors (Lipinski definition) is 1. The fourth-order valence-electron chi connectivity index (χ4n) is 2.83. The van der Waals surface area contributed by atoms with Crippen molar-refractivity contribution in [1.29, 1.82) is 0 Å². The molecule has 1 aliphatic rings. The van der Waals surface area contributed by atoms with Gasteiger partial charge in [0.15, 0.2) is 0 Å². The van der Waals surface area contributed by atoms with E-state index in [0.29, 0.717) is 11.8 Å². The minimum atomic E-state index is -0.128. The molecule has 0 saturated heterocycles. The third kappa shape index (κ3) is 3.61. The molecule has 0 aromatic heterocycles. The van der Waals surface area contributed by atoms with Gasteiger partial charge in [-0.2, -0.15) is 0 Å². The minimum Gasteiger partial charge on any atom is -0.393 e. The van der Waals surface area contributed by atoms with E-state index in [4.69, 9.17) is 0 Å². The van der Waals surface area contributed by atoms with Crippen molar-refractivity contribution in [3.05, 3.63) is 0 Å². The number of aliphatic hydroxyl groups is 1. The van der Waals surface area contributed by atoms with E-state index in [1.54, 1.807) is 0 Å². The second kappa shape index (κ2) is 5.75. The zero-order valence-corrected chi connectivity index (χ0v) is 10.00. The molecule has 0 bridgehead atoms. The summed E-state index contributed by atoms with van der Waals surface area (Å²) in [5.74, 6) is 2.03. The standard InChI is InChI=1S/C13H26O/c1-10(2)13(11(3)14)9-12-7-5-4-6-8-12/h10-14H,4-9H2,1-3H3. The van der Waals surface area contributed by atoms with Crippen LogP contribution in [0.25, 0.3) is 0 Å². The van der Waals surface area contributed by atoms with Crippen LogP contribution >= 0.6 is 0 Å². The summed E-state index contributed by atoms with van der Waals surface area (Å²) in [7, 11) is 0. The monoisotopic (exact) mass is 198 g/mol. The largest absolute Gasteiger partial charge is 0.393 e. The van der Waals surface area contributed by atoms with E-state index >= 15 is 0 Å². The van der Waals surface area contributed by atoms with Gasteiger partial charge in [0, 0.05) is 0 Å². The first-order chi connectivity index (χ1) is 6.61. The van der Waals surface area contributed by atoms with Crippen LogP contribution in [0.15, 0.2) is 0 Å². The zero-order chi connectivity index (χ0) is 10.6. The normalized spacial score (nSPS) is 23.8. The van der Waals surface area contributed by atoms with Gasteiger partial charge in [0.05, 0.1) is 6.10 Å². The maximum absolute atomic E-state index is 9.71. The maximum atomic E-state index is 9.71. The van der Waals surface area contributed by atoms with Gasteiger partial charge in [-0.3, -0.25) is 0 Å². The van der Waals surface area contributed by atoms with Crippen molar-refractivity contribution in [2.75, 3.05) is 0 Å². The Bertz CT molecular complexity index is 137. The molecule has 1 N–H and O–H groups in total. The van der Waals surface area contributed by atoms with Gasteiger partial charge < -0.3 is 5.11 Å². The van der Waals surface area contributed by atoms with Crippen LogP contribution in [0.2, 0.25) is 0 Å². The fourth-order valence-corrected chi connectivity index (χ4v) is 2.83. The summed E-state index contributed by atoms with van der Waals surface area (Å²) in [5, 5.41) is 9.71. The summed E-state index contributed by atoms with van der Waals surface area (Å²) in [6.07, 6.45) is 8.17. The van der Waals surface area contributed by atoms with Crippen molar-refractivity contribution in [3.63, 3.8) is 0 Å². The Balaban J connectivity index is 2.37. The summed E-state index contributed by atoms with van der Waals surface area (Å²) in [6.45, 7) is 6.42. The Labute approximate surface area is 88.9 Å². The van der Waals surface area contributed by atoms with Crippen LogP contribution in [-0.2, 0) is 0 Å². The van der Waals surface area contributed by atoms with E-state index in [0.717, 1.165) is 5.92 Å². The lowest BCUT2D eigenvalue weighted by atomic mass is 9.77. The predicted molar refractivity (Wildman–Crippen MR) is 61.2 cm³/mol. The molecule has 14 heavy (non-hydrogen) atoms. The molecular weight excluding hydrogens is 172 g/mol. The van der Waals surface area contributed by atoms with Crippen LogP contribution in [0.5, 0.6) is 0 Å². The lowest BCUT2D eigenvalue weighted by Crippen LogP contribution is -2.25. The quantitative estimate of drug-likeness (QED) is 0.731. The summed E-state index contributed by atoms with van der Waals surface area (Å²) in [4.78, 5) is 0. The van der Waals surface area contributed by atoms with Gasteiger partial charge in [-0.15, -0.1) is 0 Å². The molecule has 1 nitrogen and oxygen atoms in total. The Hall–Kier alpha value is -0.0400. The lowest BCUT2D eigenvalue weighted by Gasteiger charge is -2.30. The molecule has 0 spiro atoms. The van der Waals surface area contributed by atoms with Gasteiger partial charge in [-0.05, 0) is 31.1 Å². The van der Waals surface area contributed by atoms with Crippen molar-refractivity contribution in [1.82, 2.24) is 0 Å². The van der Waals surface area contributed by atoms with Crippen molar-refractivity contribution >= 4 is 0 Å². The van der Waals surface area contributed by atoms with Gasteiger partial charge >= 0.3 is 0 Å². The molecule has 1 heteroatoms. The summed E-state index contributed by atoms with van der Waals surface area (Å²) < 4.78 is 0. The first kappa shape index (κ1) is 12.0. The van der Waals surface area contributed by atoms with Crippen molar-refractivity contribution in [2.45, 2.75) is 65.4 Å². The van der Waals surface area contributed by atoms with Crippen LogP contribution in [0.4, 0.5) is 0 Å². The smallest absolute Gasteiger partial charge is 0.0542 e. The Kier molecular flexibility index (Phi) is 4.94. The van der Waals surface area contributed by atoms with Crippen LogP contribution in [0, 0.1) is 17.8 Å². The topological polar surface area (TPSA) is 20.2 Å². The van der Waals surface area contributed by atoms with E-state index < -0.39 is 0 Å². The average Bonchev–Trinajstić information content (AvgIpc) is 2.15. The summed E-state index contributed by atoms with van der Waals surface area (Å²) >= 11 is 0. The Morgan fingerprint density at radius 1 is 1.07 bits per heavy atom. The molecule has 1 fully saturated rings. The van der Waals surface area contributed by atoms with E-state index in [9.17, 15) is 5.11 Å². The zero-order valence-electron chi connectivity index (χ0n) is 10.00. The molecular formula is C13H26O. The van der Waals surface area contributed by atoms with E-state index in [1.165, 1.54) is 38.5 Å². The van der Waals surface area contributed by atoms with Crippen molar-refractivity contribution < 1.29 is 5.11 Å². The van der Waals surface area contributed by atoms with Crippen LogP contribution in [0.1, 0.15) is 59.3 Å². The molecule has 2 unspecified atom stereocenters. The Morgan fingerprint density at radius 2 is 1.64 bits per heavy atom. The molecule has 0 aromatic carbocycles. The van der Waals surface area contributed by atoms with Gasteiger partial charge in [0.2, 0.25) is 0 Å². The van der Waals surface area contributed by atoms with Gasteiger partial charge in [0.1, 0.15) is 0 Å². The van der Waals surface area contributed by atoms with Crippen LogP contribution in [0.3, 0.4) is 0 Å². The molecule has 0 radical (unpaired) electrons. The molecule has 1 aliphatic carbocycles. The summed E-state index contributed by atoms with van der Waals surface area (Å²) in [6, 6.07) is 0. The molecule has 0 heterocycles. The molecule has 2 atom stereocenters. The van der Waals surface area contributed by atoms with Crippen LogP contribution < -0.4 is 0 Å². The highest BCUT2D eigenvalue weighted by atomic mass is 16.3. The lowest BCUT2D eigenvalue weighted by molar-refractivity contribution is 0.0747. The first-order valence-electron chi connectivity index (χ1n) is 6.29. The second-order valence-corrected chi connectivity index (χ2v) is 5.39. The molecule has 84 valence electrons. The number of rotatable bonds is 4. The van der Waals surface area contributed by atoms with Gasteiger partial charge in [0.25, 0.3) is 0 Å². The number of aliphatic hydroxyl groups excluding tert-OH is 1. The van der Waals surface area contributed by atoms with Crippen molar-refractivity contribution in [2.24, 2.45) is 17.8 Å². The molecule has 0 aliphatic heterocycles. The third-order valence-electron chi connectivity index (χ3n) is 3.81.